The molecule has 0 aliphatic rings. The molecule has 102 valence electrons. The number of benzene rings is 2. The molecule has 0 saturated heterocycles. The van der Waals surface area contributed by atoms with E-state index in [4.69, 9.17) is 4.74 Å². The van der Waals surface area contributed by atoms with Crippen LogP contribution in [0.4, 0.5) is 5.69 Å². The third kappa shape index (κ3) is 3.03. The third-order valence-corrected chi connectivity index (χ3v) is 2.85. The van der Waals surface area contributed by atoms with E-state index in [1.807, 2.05) is 13.0 Å². The van der Waals surface area contributed by atoms with Gasteiger partial charge in [-0.25, -0.2) is 0 Å². The molecular weight excluding hydrogens is 254 g/mol. The molecule has 0 heterocycles. The molecule has 0 atom stereocenters. The monoisotopic (exact) mass is 269 g/mol. The lowest BCUT2D eigenvalue weighted by Gasteiger charge is -2.10. The number of ketones is 1. The second kappa shape index (κ2) is 6.02. The number of methoxy groups -OCH3 is 1. The fraction of sp³-hybridized carbons (Fsp3) is 0.125. The maximum Gasteiger partial charge on any atom is 0.296 e. The minimum Gasteiger partial charge on any atom is -0.495 e. The Morgan fingerprint density at radius 2 is 1.75 bits per heavy atom. The molecule has 0 radical (unpaired) electrons. The molecule has 1 N–H and O–H groups in total. The summed E-state index contributed by atoms with van der Waals surface area (Å²) in [6.45, 7) is 1.90. The molecule has 0 fully saturated rings. The molecule has 0 saturated carbocycles. The van der Waals surface area contributed by atoms with E-state index < -0.39 is 11.7 Å². The highest BCUT2D eigenvalue weighted by molar-refractivity contribution is 6.46. The van der Waals surface area contributed by atoms with Crippen LogP contribution in [0, 0.1) is 6.92 Å². The van der Waals surface area contributed by atoms with Gasteiger partial charge >= 0.3 is 0 Å². The number of hydrogen-bond donors (Lipinski definition) is 1. The van der Waals surface area contributed by atoms with Crippen LogP contribution in [0.1, 0.15) is 15.9 Å². The summed E-state index contributed by atoms with van der Waals surface area (Å²) in [5.41, 5.74) is 1.81. The Morgan fingerprint density at radius 3 is 2.40 bits per heavy atom. The number of anilines is 1. The van der Waals surface area contributed by atoms with Crippen LogP contribution in [0.25, 0.3) is 0 Å². The maximum atomic E-state index is 12.0. The second-order valence-electron chi connectivity index (χ2n) is 4.35. The second-order valence-corrected chi connectivity index (χ2v) is 4.35. The number of carbonyl (C=O) groups excluding carboxylic acids is 2. The fourth-order valence-corrected chi connectivity index (χ4v) is 1.82. The highest BCUT2D eigenvalue weighted by Gasteiger charge is 2.17. The number of amides is 1. The summed E-state index contributed by atoms with van der Waals surface area (Å²) >= 11 is 0. The number of hydrogen-bond acceptors (Lipinski definition) is 3. The van der Waals surface area contributed by atoms with Crippen LogP contribution in [-0.4, -0.2) is 18.8 Å². The molecule has 0 aromatic heterocycles. The van der Waals surface area contributed by atoms with Gasteiger partial charge in [0.1, 0.15) is 5.75 Å². The molecule has 0 bridgehead atoms. The average molecular weight is 269 g/mol. The zero-order valence-corrected chi connectivity index (χ0v) is 11.3. The van der Waals surface area contributed by atoms with Crippen LogP contribution in [0.5, 0.6) is 5.75 Å². The number of nitrogens with one attached hydrogen (secondary N) is 1. The van der Waals surface area contributed by atoms with Crippen molar-refractivity contribution in [2.75, 3.05) is 12.4 Å². The average Bonchev–Trinajstić information content (AvgIpc) is 2.47. The molecule has 4 heteroatoms. The van der Waals surface area contributed by atoms with Crippen LogP contribution < -0.4 is 10.1 Å². The minimum atomic E-state index is -0.680. The van der Waals surface area contributed by atoms with E-state index in [0.29, 0.717) is 17.0 Å². The van der Waals surface area contributed by atoms with E-state index in [1.165, 1.54) is 7.11 Å². The van der Waals surface area contributed by atoms with E-state index in [9.17, 15) is 9.59 Å². The van der Waals surface area contributed by atoms with Crippen molar-refractivity contribution in [3.8, 4) is 5.75 Å². The zero-order chi connectivity index (χ0) is 14.5. The SMILES string of the molecule is COc1ccc(C)cc1NC(=O)C(=O)c1ccccc1. The van der Waals surface area contributed by atoms with Gasteiger partial charge in [-0.05, 0) is 24.6 Å². The van der Waals surface area contributed by atoms with Gasteiger partial charge < -0.3 is 10.1 Å². The Kier molecular flexibility index (Phi) is 4.15. The predicted octanol–water partition coefficient (Wildman–Crippen LogP) is 2.83. The highest BCUT2D eigenvalue weighted by Crippen LogP contribution is 2.25. The smallest absolute Gasteiger partial charge is 0.296 e. The van der Waals surface area contributed by atoms with Crippen LogP contribution in [0.2, 0.25) is 0 Å². The van der Waals surface area contributed by atoms with Crippen molar-refractivity contribution in [2.45, 2.75) is 6.92 Å². The molecule has 0 unspecified atom stereocenters. The van der Waals surface area contributed by atoms with Crippen molar-refractivity contribution in [3.63, 3.8) is 0 Å². The highest BCUT2D eigenvalue weighted by atomic mass is 16.5. The van der Waals surface area contributed by atoms with Crippen molar-refractivity contribution in [2.24, 2.45) is 0 Å². The lowest BCUT2D eigenvalue weighted by molar-refractivity contribution is -0.112. The van der Waals surface area contributed by atoms with Gasteiger partial charge in [-0.1, -0.05) is 36.4 Å². The van der Waals surface area contributed by atoms with E-state index >= 15 is 0 Å². The molecule has 0 aliphatic heterocycles. The summed E-state index contributed by atoms with van der Waals surface area (Å²) in [4.78, 5) is 24.0. The number of Topliss-reactive ketones (excluding diaryl/α,β-unsaturated/α-hetero) is 1. The van der Waals surface area contributed by atoms with E-state index in [0.717, 1.165) is 5.56 Å². The minimum absolute atomic E-state index is 0.358. The zero-order valence-electron chi connectivity index (χ0n) is 11.3. The molecule has 20 heavy (non-hydrogen) atoms. The fourth-order valence-electron chi connectivity index (χ4n) is 1.82. The molecular formula is C16H15NO3. The summed E-state index contributed by atoms with van der Waals surface area (Å²) in [7, 11) is 1.51. The number of aryl methyl sites for hydroxylation is 1. The van der Waals surface area contributed by atoms with Gasteiger partial charge in [0.15, 0.2) is 0 Å². The molecule has 2 aromatic carbocycles. The standard InChI is InChI=1S/C16H15NO3/c1-11-8-9-14(20-2)13(10-11)17-16(19)15(18)12-6-4-3-5-7-12/h3-10H,1-2H3,(H,17,19). The predicted molar refractivity (Wildman–Crippen MR) is 77.1 cm³/mol. The van der Waals surface area contributed by atoms with Crippen molar-refractivity contribution in [1.82, 2.24) is 0 Å². The first-order valence-corrected chi connectivity index (χ1v) is 6.17. The summed E-state index contributed by atoms with van der Waals surface area (Å²) < 4.78 is 5.16. The summed E-state index contributed by atoms with van der Waals surface area (Å²) in [5, 5.41) is 2.59. The van der Waals surface area contributed by atoms with Crippen molar-refractivity contribution in [3.05, 3.63) is 59.7 Å². The number of rotatable bonds is 4. The van der Waals surface area contributed by atoms with Gasteiger partial charge in [0.05, 0.1) is 12.8 Å². The largest absolute Gasteiger partial charge is 0.495 e. The van der Waals surface area contributed by atoms with E-state index in [-0.39, 0.29) is 0 Å². The molecule has 4 nitrogen and oxygen atoms in total. The number of carbonyl (C=O) groups is 2. The van der Waals surface area contributed by atoms with E-state index in [2.05, 4.69) is 5.32 Å². The van der Waals surface area contributed by atoms with E-state index in [1.54, 1.807) is 42.5 Å². The molecule has 0 spiro atoms. The first kappa shape index (κ1) is 13.8. The first-order valence-electron chi connectivity index (χ1n) is 6.17. The van der Waals surface area contributed by atoms with Gasteiger partial charge in [-0.2, -0.15) is 0 Å². The Labute approximate surface area is 117 Å². The summed E-state index contributed by atoms with van der Waals surface area (Å²) in [6, 6.07) is 13.8. The Bertz CT molecular complexity index is 635. The topological polar surface area (TPSA) is 55.4 Å². The maximum absolute atomic E-state index is 12.0. The van der Waals surface area contributed by atoms with Crippen LogP contribution in [0.3, 0.4) is 0 Å². The third-order valence-electron chi connectivity index (χ3n) is 2.85. The van der Waals surface area contributed by atoms with Gasteiger partial charge in [0, 0.05) is 5.56 Å². The number of ether oxygens (including phenoxy) is 1. The summed E-state index contributed by atoms with van der Waals surface area (Å²) in [5.74, 6) is -0.737. The van der Waals surface area contributed by atoms with Gasteiger partial charge in [-0.15, -0.1) is 0 Å². The van der Waals surface area contributed by atoms with Crippen molar-refractivity contribution in [1.29, 1.82) is 0 Å². The molecule has 2 aromatic rings. The Hall–Kier alpha value is -2.62. The van der Waals surface area contributed by atoms with Gasteiger partial charge in [0.25, 0.3) is 11.7 Å². The first-order chi connectivity index (χ1) is 9.61. The molecule has 1 amide bonds. The summed E-state index contributed by atoms with van der Waals surface area (Å²) in [6.07, 6.45) is 0. The van der Waals surface area contributed by atoms with Crippen LogP contribution in [-0.2, 0) is 4.79 Å². The Balaban J connectivity index is 2.20. The van der Waals surface area contributed by atoms with Crippen LogP contribution in [0.15, 0.2) is 48.5 Å². The molecule has 2 rings (SSSR count). The lowest BCUT2D eigenvalue weighted by atomic mass is 10.1. The normalized spacial score (nSPS) is 9.90. The molecule has 0 aliphatic carbocycles. The lowest BCUT2D eigenvalue weighted by Crippen LogP contribution is -2.23. The van der Waals surface area contributed by atoms with Gasteiger partial charge in [0.2, 0.25) is 0 Å². The van der Waals surface area contributed by atoms with Crippen molar-refractivity contribution >= 4 is 17.4 Å². The quantitative estimate of drug-likeness (QED) is 0.686. The Morgan fingerprint density at radius 1 is 1.05 bits per heavy atom. The van der Waals surface area contributed by atoms with Gasteiger partial charge in [-0.3, -0.25) is 9.59 Å². The van der Waals surface area contributed by atoms with Crippen LogP contribution >= 0.6 is 0 Å². The van der Waals surface area contributed by atoms with Crippen molar-refractivity contribution < 1.29 is 14.3 Å².